The summed E-state index contributed by atoms with van der Waals surface area (Å²) >= 11 is 1.28. The number of piperidine rings is 1. The van der Waals surface area contributed by atoms with Gasteiger partial charge in [0.2, 0.25) is 0 Å². The van der Waals surface area contributed by atoms with Crippen LogP contribution < -0.4 is 0 Å². The van der Waals surface area contributed by atoms with Gasteiger partial charge in [0, 0.05) is 19.7 Å². The van der Waals surface area contributed by atoms with Crippen LogP contribution in [0.5, 0.6) is 0 Å². The zero-order valence-electron chi connectivity index (χ0n) is 14.2. The van der Waals surface area contributed by atoms with Crippen molar-refractivity contribution in [2.24, 2.45) is 0 Å². The SMILES string of the molecule is CC(=O)c1ccc(C(=O)N2CCC(OCC3CCCCO3)CC2)s1. The lowest BCUT2D eigenvalue weighted by molar-refractivity contribution is -0.0732. The lowest BCUT2D eigenvalue weighted by Crippen LogP contribution is -2.41. The summed E-state index contributed by atoms with van der Waals surface area (Å²) in [6, 6.07) is 3.49. The first-order valence-electron chi connectivity index (χ1n) is 8.76. The molecule has 0 radical (unpaired) electrons. The second kappa shape index (κ2) is 8.23. The number of Topliss-reactive ketones (excluding diaryl/α,β-unsaturated/α-hetero) is 1. The second-order valence-electron chi connectivity index (χ2n) is 6.53. The highest BCUT2D eigenvalue weighted by Gasteiger charge is 2.26. The van der Waals surface area contributed by atoms with Crippen molar-refractivity contribution >= 4 is 23.0 Å². The van der Waals surface area contributed by atoms with Crippen LogP contribution in [0.15, 0.2) is 12.1 Å². The Hall–Kier alpha value is -1.24. The normalized spacial score (nSPS) is 22.5. The monoisotopic (exact) mass is 351 g/mol. The summed E-state index contributed by atoms with van der Waals surface area (Å²) in [5.74, 6) is 0.0395. The highest BCUT2D eigenvalue weighted by Crippen LogP contribution is 2.22. The molecular weight excluding hydrogens is 326 g/mol. The zero-order valence-corrected chi connectivity index (χ0v) is 15.0. The predicted octanol–water partition coefficient (Wildman–Crippen LogP) is 3.14. The Morgan fingerprint density at radius 1 is 1.21 bits per heavy atom. The van der Waals surface area contributed by atoms with Gasteiger partial charge in [-0.05, 0) is 51.2 Å². The fourth-order valence-corrected chi connectivity index (χ4v) is 4.07. The number of likely N-dealkylation sites (tertiary alicyclic amines) is 1. The van der Waals surface area contributed by atoms with E-state index in [4.69, 9.17) is 9.47 Å². The van der Waals surface area contributed by atoms with E-state index in [9.17, 15) is 9.59 Å². The molecule has 1 amide bonds. The Morgan fingerprint density at radius 3 is 2.58 bits per heavy atom. The van der Waals surface area contributed by atoms with Crippen molar-refractivity contribution in [3.05, 3.63) is 21.9 Å². The number of hydrogen-bond acceptors (Lipinski definition) is 5. The van der Waals surface area contributed by atoms with Crippen molar-refractivity contribution in [2.75, 3.05) is 26.3 Å². The first kappa shape index (κ1) is 17.6. The Bertz CT molecular complexity index is 571. The van der Waals surface area contributed by atoms with Gasteiger partial charge in [0.25, 0.3) is 5.91 Å². The van der Waals surface area contributed by atoms with E-state index in [1.165, 1.54) is 24.7 Å². The summed E-state index contributed by atoms with van der Waals surface area (Å²) in [5, 5.41) is 0. The van der Waals surface area contributed by atoms with Crippen LogP contribution in [0, 0.1) is 0 Å². The Kier molecular flexibility index (Phi) is 6.03. The van der Waals surface area contributed by atoms with Gasteiger partial charge in [0.1, 0.15) is 0 Å². The number of ether oxygens (including phenoxy) is 2. The third kappa shape index (κ3) is 4.43. The number of carbonyl (C=O) groups excluding carboxylic acids is 2. The molecule has 1 atom stereocenters. The predicted molar refractivity (Wildman–Crippen MR) is 92.8 cm³/mol. The van der Waals surface area contributed by atoms with Crippen molar-refractivity contribution in [1.82, 2.24) is 4.90 Å². The van der Waals surface area contributed by atoms with Crippen molar-refractivity contribution in [3.63, 3.8) is 0 Å². The molecular formula is C18H25NO4S. The maximum absolute atomic E-state index is 12.5. The molecule has 132 valence electrons. The molecule has 0 spiro atoms. The van der Waals surface area contributed by atoms with E-state index < -0.39 is 0 Å². The van der Waals surface area contributed by atoms with Crippen LogP contribution in [-0.2, 0) is 9.47 Å². The maximum atomic E-state index is 12.5. The summed E-state index contributed by atoms with van der Waals surface area (Å²) in [4.78, 5) is 27.0. The Morgan fingerprint density at radius 2 is 1.96 bits per heavy atom. The summed E-state index contributed by atoms with van der Waals surface area (Å²) < 4.78 is 11.7. The van der Waals surface area contributed by atoms with Crippen LogP contribution in [0.1, 0.15) is 58.4 Å². The van der Waals surface area contributed by atoms with Crippen LogP contribution in [0.25, 0.3) is 0 Å². The highest BCUT2D eigenvalue weighted by molar-refractivity contribution is 7.15. The number of thiophene rings is 1. The van der Waals surface area contributed by atoms with Crippen molar-refractivity contribution in [1.29, 1.82) is 0 Å². The van der Waals surface area contributed by atoms with Gasteiger partial charge in [-0.1, -0.05) is 0 Å². The molecule has 0 N–H and O–H groups in total. The molecule has 0 bridgehead atoms. The smallest absolute Gasteiger partial charge is 0.263 e. The average Bonchev–Trinajstić information content (AvgIpc) is 3.11. The number of carbonyl (C=O) groups is 2. The summed E-state index contributed by atoms with van der Waals surface area (Å²) in [6.07, 6.45) is 5.67. The molecule has 0 aromatic carbocycles. The number of ketones is 1. The molecule has 0 saturated carbocycles. The molecule has 0 aliphatic carbocycles. The fraction of sp³-hybridized carbons (Fsp3) is 0.667. The van der Waals surface area contributed by atoms with Crippen LogP contribution in [-0.4, -0.2) is 55.1 Å². The minimum absolute atomic E-state index is 0.0103. The second-order valence-corrected chi connectivity index (χ2v) is 7.62. The van der Waals surface area contributed by atoms with E-state index in [1.807, 2.05) is 4.90 Å². The standard InChI is InChI=1S/C18H25NO4S/c1-13(20)16-5-6-17(24-16)18(21)19-9-7-14(8-10-19)23-12-15-4-2-3-11-22-15/h5-6,14-15H,2-4,7-12H2,1H3. The van der Waals surface area contributed by atoms with Gasteiger partial charge >= 0.3 is 0 Å². The third-order valence-electron chi connectivity index (χ3n) is 4.68. The number of nitrogens with zero attached hydrogens (tertiary/aromatic N) is 1. The molecule has 6 heteroatoms. The summed E-state index contributed by atoms with van der Waals surface area (Å²) in [6.45, 7) is 4.47. The van der Waals surface area contributed by atoms with E-state index in [1.54, 1.807) is 12.1 Å². The van der Waals surface area contributed by atoms with E-state index in [2.05, 4.69) is 0 Å². The van der Waals surface area contributed by atoms with Gasteiger partial charge in [-0.2, -0.15) is 0 Å². The minimum Gasteiger partial charge on any atom is -0.376 e. The van der Waals surface area contributed by atoms with Crippen molar-refractivity contribution in [2.45, 2.75) is 51.2 Å². The van der Waals surface area contributed by atoms with Crippen LogP contribution >= 0.6 is 11.3 Å². The molecule has 2 saturated heterocycles. The first-order chi connectivity index (χ1) is 11.6. The molecule has 1 aromatic heterocycles. The molecule has 24 heavy (non-hydrogen) atoms. The number of rotatable bonds is 5. The summed E-state index contributed by atoms with van der Waals surface area (Å²) in [5.41, 5.74) is 0. The van der Waals surface area contributed by atoms with Crippen LogP contribution in [0.4, 0.5) is 0 Å². The van der Waals surface area contributed by atoms with Gasteiger partial charge in [-0.25, -0.2) is 0 Å². The molecule has 1 aromatic rings. The molecule has 3 heterocycles. The van der Waals surface area contributed by atoms with E-state index in [-0.39, 0.29) is 23.9 Å². The van der Waals surface area contributed by atoms with Crippen molar-refractivity contribution < 1.29 is 19.1 Å². The lowest BCUT2D eigenvalue weighted by Gasteiger charge is -2.33. The van der Waals surface area contributed by atoms with Crippen molar-refractivity contribution in [3.8, 4) is 0 Å². The number of hydrogen-bond donors (Lipinski definition) is 0. The topological polar surface area (TPSA) is 55.8 Å². The number of amides is 1. The van der Waals surface area contributed by atoms with E-state index in [0.717, 1.165) is 32.3 Å². The first-order valence-corrected chi connectivity index (χ1v) is 9.58. The maximum Gasteiger partial charge on any atom is 0.263 e. The molecule has 5 nitrogen and oxygen atoms in total. The van der Waals surface area contributed by atoms with E-state index in [0.29, 0.717) is 29.5 Å². The quantitative estimate of drug-likeness (QED) is 0.765. The minimum atomic E-state index is 0.0103. The average molecular weight is 351 g/mol. The summed E-state index contributed by atoms with van der Waals surface area (Å²) in [7, 11) is 0. The third-order valence-corrected chi connectivity index (χ3v) is 5.86. The lowest BCUT2D eigenvalue weighted by atomic mass is 10.1. The molecule has 2 aliphatic heterocycles. The van der Waals surface area contributed by atoms with Gasteiger partial charge in [-0.15, -0.1) is 11.3 Å². The van der Waals surface area contributed by atoms with Gasteiger partial charge in [0.15, 0.2) is 5.78 Å². The van der Waals surface area contributed by atoms with Gasteiger partial charge in [0.05, 0.1) is 28.6 Å². The van der Waals surface area contributed by atoms with Crippen LogP contribution in [0.3, 0.4) is 0 Å². The molecule has 1 unspecified atom stereocenters. The fourth-order valence-electron chi connectivity index (χ4n) is 3.21. The van der Waals surface area contributed by atoms with Gasteiger partial charge in [-0.3, -0.25) is 9.59 Å². The van der Waals surface area contributed by atoms with Crippen LogP contribution in [0.2, 0.25) is 0 Å². The van der Waals surface area contributed by atoms with Gasteiger partial charge < -0.3 is 14.4 Å². The molecule has 3 rings (SSSR count). The largest absolute Gasteiger partial charge is 0.376 e. The van der Waals surface area contributed by atoms with E-state index >= 15 is 0 Å². The molecule has 2 aliphatic rings. The Labute approximate surface area is 146 Å². The Balaban J connectivity index is 1.43. The zero-order chi connectivity index (χ0) is 16.9. The molecule has 2 fully saturated rings. The highest BCUT2D eigenvalue weighted by atomic mass is 32.1.